The van der Waals surface area contributed by atoms with Crippen molar-refractivity contribution < 1.29 is 9.59 Å². The standard InChI is InChI=1S/C22H26N8O3/c1-13-9-14(21(33)30-17(13)20(32)27-22(30)7-5-4-6-8-22)26-18-16-19(24-11-23-18)29(12-25-16)10-15(31)28(2)3/h9,11-12H,4-8,10H2,1-3H3,(H,27,32)(H,23,24,26). The van der Waals surface area contributed by atoms with Crippen LogP contribution in [0.1, 0.15) is 48.2 Å². The van der Waals surface area contributed by atoms with Crippen LogP contribution in [0.5, 0.6) is 0 Å². The molecule has 11 nitrogen and oxygen atoms in total. The van der Waals surface area contributed by atoms with Crippen molar-refractivity contribution in [2.45, 2.75) is 51.2 Å². The van der Waals surface area contributed by atoms with E-state index in [9.17, 15) is 14.4 Å². The third-order valence-corrected chi connectivity index (χ3v) is 6.52. The van der Waals surface area contributed by atoms with Gasteiger partial charge in [0.05, 0.1) is 6.33 Å². The molecule has 172 valence electrons. The highest BCUT2D eigenvalue weighted by Crippen LogP contribution is 2.37. The fraction of sp³-hybridized carbons (Fsp3) is 0.455. The molecule has 1 spiro atoms. The summed E-state index contributed by atoms with van der Waals surface area (Å²) in [5.41, 5.74) is 1.45. The van der Waals surface area contributed by atoms with Crippen LogP contribution in [0.4, 0.5) is 11.5 Å². The summed E-state index contributed by atoms with van der Waals surface area (Å²) in [6.07, 6.45) is 7.38. The van der Waals surface area contributed by atoms with Crippen LogP contribution in [0, 0.1) is 6.92 Å². The van der Waals surface area contributed by atoms with Gasteiger partial charge in [-0.2, -0.15) is 0 Å². The number of hydrogen-bond acceptors (Lipinski definition) is 7. The van der Waals surface area contributed by atoms with Crippen LogP contribution in [0.15, 0.2) is 23.5 Å². The lowest BCUT2D eigenvalue weighted by atomic mass is 9.89. The molecule has 1 saturated carbocycles. The number of rotatable bonds is 4. The van der Waals surface area contributed by atoms with Crippen LogP contribution < -0.4 is 16.2 Å². The molecule has 4 heterocycles. The maximum Gasteiger partial charge on any atom is 0.276 e. The molecule has 3 aromatic rings. The Labute approximate surface area is 189 Å². The number of imidazole rings is 1. The minimum absolute atomic E-state index is 0.0927. The van der Waals surface area contributed by atoms with Crippen molar-refractivity contribution in [1.29, 1.82) is 0 Å². The van der Waals surface area contributed by atoms with E-state index in [2.05, 4.69) is 25.6 Å². The van der Waals surface area contributed by atoms with E-state index in [0.717, 1.165) is 32.1 Å². The molecule has 0 bridgehead atoms. The first kappa shape index (κ1) is 21.1. The second-order valence-corrected chi connectivity index (χ2v) is 8.96. The predicted molar refractivity (Wildman–Crippen MR) is 121 cm³/mol. The Morgan fingerprint density at radius 1 is 1.18 bits per heavy atom. The molecule has 0 aromatic carbocycles. The highest BCUT2D eigenvalue weighted by atomic mass is 16.2. The molecule has 2 N–H and O–H groups in total. The quantitative estimate of drug-likeness (QED) is 0.616. The van der Waals surface area contributed by atoms with E-state index < -0.39 is 5.66 Å². The predicted octanol–water partition coefficient (Wildman–Crippen LogP) is 1.49. The molecule has 2 amide bonds. The van der Waals surface area contributed by atoms with Gasteiger partial charge >= 0.3 is 0 Å². The van der Waals surface area contributed by atoms with Crippen molar-refractivity contribution in [3.63, 3.8) is 0 Å². The number of likely N-dealkylation sites (N-methyl/N-ethyl adjacent to an activating group) is 1. The van der Waals surface area contributed by atoms with Crippen LogP contribution in [-0.2, 0) is 17.0 Å². The maximum absolute atomic E-state index is 13.6. The molecule has 5 rings (SSSR count). The molecule has 1 fully saturated rings. The summed E-state index contributed by atoms with van der Waals surface area (Å²) in [6.45, 7) is 1.92. The van der Waals surface area contributed by atoms with Gasteiger partial charge in [0.15, 0.2) is 17.0 Å². The number of amides is 2. The van der Waals surface area contributed by atoms with Gasteiger partial charge in [-0.05, 0) is 44.2 Å². The highest BCUT2D eigenvalue weighted by Gasteiger charge is 2.45. The van der Waals surface area contributed by atoms with Crippen LogP contribution in [0.2, 0.25) is 0 Å². The van der Waals surface area contributed by atoms with Crippen LogP contribution >= 0.6 is 0 Å². The van der Waals surface area contributed by atoms with E-state index in [1.54, 1.807) is 29.3 Å². The second-order valence-electron chi connectivity index (χ2n) is 8.96. The van der Waals surface area contributed by atoms with E-state index in [-0.39, 0.29) is 23.9 Å². The first-order valence-electron chi connectivity index (χ1n) is 11.0. The minimum atomic E-state index is -0.667. The second kappa shape index (κ2) is 7.68. The summed E-state index contributed by atoms with van der Waals surface area (Å²) < 4.78 is 3.28. The average molecular weight is 451 g/mol. The molecule has 2 aliphatic rings. The van der Waals surface area contributed by atoms with Crippen molar-refractivity contribution >= 4 is 34.5 Å². The molecule has 0 radical (unpaired) electrons. The molecule has 33 heavy (non-hydrogen) atoms. The van der Waals surface area contributed by atoms with Gasteiger partial charge in [-0.1, -0.05) is 6.42 Å². The fourth-order valence-electron chi connectivity index (χ4n) is 4.84. The largest absolute Gasteiger partial charge is 0.347 e. The van der Waals surface area contributed by atoms with Crippen molar-refractivity contribution in [3.8, 4) is 0 Å². The molecule has 0 atom stereocenters. The molecule has 3 aromatic heterocycles. The Balaban J connectivity index is 1.56. The zero-order valence-corrected chi connectivity index (χ0v) is 18.9. The smallest absolute Gasteiger partial charge is 0.276 e. The number of aromatic nitrogens is 5. The number of fused-ring (bicyclic) bond motifs is 3. The number of hydrogen-bond donors (Lipinski definition) is 2. The molecule has 1 aliphatic heterocycles. The zero-order chi connectivity index (χ0) is 23.3. The summed E-state index contributed by atoms with van der Waals surface area (Å²) in [5.74, 6) is 0.0692. The number of nitrogens with one attached hydrogen (secondary N) is 2. The topological polar surface area (TPSA) is 127 Å². The number of pyridine rings is 1. The Kier molecular flexibility index (Phi) is 4.91. The van der Waals surface area contributed by atoms with Crippen molar-refractivity contribution in [2.75, 3.05) is 19.4 Å². The summed E-state index contributed by atoms with van der Waals surface area (Å²) >= 11 is 0. The third kappa shape index (κ3) is 3.35. The Morgan fingerprint density at radius 2 is 1.94 bits per heavy atom. The van der Waals surface area contributed by atoms with E-state index in [0.29, 0.717) is 33.9 Å². The van der Waals surface area contributed by atoms with Gasteiger partial charge in [0.2, 0.25) is 5.91 Å². The summed E-state index contributed by atoms with van der Waals surface area (Å²) in [7, 11) is 3.37. The third-order valence-electron chi connectivity index (χ3n) is 6.52. The van der Waals surface area contributed by atoms with Crippen molar-refractivity contribution in [2.24, 2.45) is 0 Å². The molecular weight excluding hydrogens is 424 g/mol. The van der Waals surface area contributed by atoms with Gasteiger partial charge in [0.25, 0.3) is 11.5 Å². The van der Waals surface area contributed by atoms with Crippen molar-refractivity contribution in [3.05, 3.63) is 40.3 Å². The number of anilines is 2. The average Bonchev–Trinajstić information content (AvgIpc) is 3.31. The first-order valence-corrected chi connectivity index (χ1v) is 11.0. The van der Waals surface area contributed by atoms with Crippen LogP contribution in [0.3, 0.4) is 0 Å². The Bertz CT molecular complexity index is 1330. The van der Waals surface area contributed by atoms with Crippen molar-refractivity contribution in [1.82, 2.24) is 34.3 Å². The van der Waals surface area contributed by atoms with Gasteiger partial charge in [-0.25, -0.2) is 15.0 Å². The lowest BCUT2D eigenvalue weighted by Crippen LogP contribution is -2.48. The Hall–Kier alpha value is -3.76. The van der Waals surface area contributed by atoms with Gasteiger partial charge in [0.1, 0.15) is 29.9 Å². The van der Waals surface area contributed by atoms with E-state index in [1.807, 2.05) is 6.92 Å². The lowest BCUT2D eigenvalue weighted by Gasteiger charge is -2.35. The van der Waals surface area contributed by atoms with E-state index in [4.69, 9.17) is 0 Å². The molecule has 1 aliphatic carbocycles. The summed E-state index contributed by atoms with van der Waals surface area (Å²) in [5, 5.41) is 6.20. The molecule has 0 unspecified atom stereocenters. The van der Waals surface area contributed by atoms with Crippen LogP contribution in [0.25, 0.3) is 11.2 Å². The normalized spacial score (nSPS) is 16.6. The van der Waals surface area contributed by atoms with Gasteiger partial charge in [-0.3, -0.25) is 19.0 Å². The monoisotopic (exact) mass is 450 g/mol. The molecular formula is C22H26N8O3. The Morgan fingerprint density at radius 3 is 2.67 bits per heavy atom. The molecule has 11 heteroatoms. The summed E-state index contributed by atoms with van der Waals surface area (Å²) in [4.78, 5) is 52.9. The van der Waals surface area contributed by atoms with Gasteiger partial charge in [0, 0.05) is 14.1 Å². The number of carbonyl (C=O) groups is 2. The first-order chi connectivity index (χ1) is 15.8. The highest BCUT2D eigenvalue weighted by molar-refractivity contribution is 5.97. The zero-order valence-electron chi connectivity index (χ0n) is 18.9. The van der Waals surface area contributed by atoms with E-state index in [1.165, 1.54) is 17.6 Å². The number of carbonyl (C=O) groups excluding carboxylic acids is 2. The maximum atomic E-state index is 13.6. The fourth-order valence-corrected chi connectivity index (χ4v) is 4.84. The van der Waals surface area contributed by atoms with Gasteiger partial charge in [-0.15, -0.1) is 0 Å². The number of aryl methyl sites for hydroxylation is 1. The summed E-state index contributed by atoms with van der Waals surface area (Å²) in [6, 6.07) is 1.68. The van der Waals surface area contributed by atoms with E-state index >= 15 is 0 Å². The minimum Gasteiger partial charge on any atom is -0.347 e. The molecule has 0 saturated heterocycles. The van der Waals surface area contributed by atoms with Crippen LogP contribution in [-0.4, -0.2) is 54.9 Å². The van der Waals surface area contributed by atoms with Gasteiger partial charge < -0.3 is 20.1 Å². The lowest BCUT2D eigenvalue weighted by molar-refractivity contribution is -0.129. The SMILES string of the molecule is Cc1cc(Nc2ncnc3c2ncn3CC(=O)N(C)C)c(=O)n2c1C(=O)NC21CCCCC1. The number of nitrogens with zero attached hydrogens (tertiary/aromatic N) is 6.